The van der Waals surface area contributed by atoms with Crippen molar-refractivity contribution in [2.45, 2.75) is 13.3 Å². The molecule has 4 aliphatic carbocycles. The zero-order valence-corrected chi connectivity index (χ0v) is 15.0. The third-order valence-electron chi connectivity index (χ3n) is 6.37. The molecule has 0 radical (unpaired) electrons. The van der Waals surface area contributed by atoms with Gasteiger partial charge in [0, 0.05) is 0 Å². The van der Waals surface area contributed by atoms with E-state index in [1.807, 2.05) is 0 Å². The molecule has 2 saturated carbocycles. The summed E-state index contributed by atoms with van der Waals surface area (Å²) in [5, 5.41) is 0.242. The Hall–Kier alpha value is -2.14. The first-order chi connectivity index (χ1) is 12.5. The van der Waals surface area contributed by atoms with E-state index in [0.717, 1.165) is 6.42 Å². The molecule has 1 heterocycles. The topological polar surface area (TPSA) is 63.7 Å². The number of ether oxygens (including phenoxy) is 1. The lowest BCUT2D eigenvalue weighted by Crippen LogP contribution is -2.40. The standard InChI is InChI=1S/C20H18ClNO4/c1-2-26-20(25)14-7-9(3-6-15(14)21)22-18(23)16-10-4-5-11(13-8-12(10)13)17(16)19(22)24/h3-7,10-13,16-17H,2,8H2,1H3/t10-,11-,12-,13+,16+,17-/m1/s1. The van der Waals surface area contributed by atoms with Crippen LogP contribution < -0.4 is 4.90 Å². The first kappa shape index (κ1) is 16.1. The minimum absolute atomic E-state index is 0.151. The van der Waals surface area contributed by atoms with Gasteiger partial charge in [0.15, 0.2) is 0 Å². The maximum atomic E-state index is 13.1. The van der Waals surface area contributed by atoms with Crippen molar-refractivity contribution >= 4 is 35.1 Å². The molecule has 134 valence electrons. The summed E-state index contributed by atoms with van der Waals surface area (Å²) in [6, 6.07) is 4.65. The number of hydrogen-bond acceptors (Lipinski definition) is 4. The Labute approximate surface area is 155 Å². The molecule has 1 aromatic rings. The number of carbonyl (C=O) groups excluding carboxylic acids is 3. The summed E-state index contributed by atoms with van der Waals surface area (Å²) in [6.07, 6.45) is 5.41. The van der Waals surface area contributed by atoms with Crippen LogP contribution in [0.2, 0.25) is 5.02 Å². The van der Waals surface area contributed by atoms with Gasteiger partial charge in [-0.2, -0.15) is 0 Å². The molecule has 6 heteroatoms. The van der Waals surface area contributed by atoms with Gasteiger partial charge in [-0.05, 0) is 55.2 Å². The largest absolute Gasteiger partial charge is 0.462 e. The van der Waals surface area contributed by atoms with Crippen LogP contribution in [0.4, 0.5) is 5.69 Å². The van der Waals surface area contributed by atoms with Gasteiger partial charge in [0.05, 0.1) is 34.7 Å². The normalized spacial score (nSPS) is 36.2. The Morgan fingerprint density at radius 2 is 1.77 bits per heavy atom. The van der Waals surface area contributed by atoms with Gasteiger partial charge in [-0.15, -0.1) is 0 Å². The number of esters is 1. The van der Waals surface area contributed by atoms with Gasteiger partial charge in [-0.25, -0.2) is 9.69 Å². The predicted molar refractivity (Wildman–Crippen MR) is 94.6 cm³/mol. The molecule has 1 saturated heterocycles. The summed E-state index contributed by atoms with van der Waals surface area (Å²) in [6.45, 7) is 1.94. The highest BCUT2D eigenvalue weighted by Gasteiger charge is 2.67. The number of halogens is 1. The third-order valence-corrected chi connectivity index (χ3v) is 6.70. The number of nitrogens with zero attached hydrogens (tertiary/aromatic N) is 1. The van der Waals surface area contributed by atoms with E-state index in [4.69, 9.17) is 16.3 Å². The molecule has 0 unspecified atom stereocenters. The fourth-order valence-electron chi connectivity index (χ4n) is 5.23. The van der Waals surface area contributed by atoms with Crippen LogP contribution in [0.15, 0.2) is 30.4 Å². The number of benzene rings is 1. The Bertz CT molecular complexity index is 843. The Balaban J connectivity index is 1.52. The molecule has 2 bridgehead atoms. The van der Waals surface area contributed by atoms with Gasteiger partial charge < -0.3 is 4.74 Å². The van der Waals surface area contributed by atoms with Crippen LogP contribution in [0, 0.1) is 35.5 Å². The van der Waals surface area contributed by atoms with Crippen molar-refractivity contribution < 1.29 is 19.1 Å². The van der Waals surface area contributed by atoms with Crippen LogP contribution in [0.25, 0.3) is 0 Å². The summed E-state index contributed by atoms with van der Waals surface area (Å²) in [5.41, 5.74) is 0.570. The average Bonchev–Trinajstić information content (AvgIpc) is 3.40. The maximum absolute atomic E-state index is 13.1. The predicted octanol–water partition coefficient (Wildman–Crippen LogP) is 3.07. The molecule has 0 aromatic heterocycles. The van der Waals surface area contributed by atoms with Crippen LogP contribution in [0.1, 0.15) is 23.7 Å². The van der Waals surface area contributed by atoms with Gasteiger partial charge in [-0.3, -0.25) is 9.59 Å². The van der Waals surface area contributed by atoms with E-state index in [1.54, 1.807) is 13.0 Å². The van der Waals surface area contributed by atoms with E-state index in [0.29, 0.717) is 17.5 Å². The monoisotopic (exact) mass is 371 g/mol. The van der Waals surface area contributed by atoms with Crippen molar-refractivity contribution in [1.82, 2.24) is 0 Å². The number of amides is 2. The molecule has 2 amide bonds. The fourth-order valence-corrected chi connectivity index (χ4v) is 5.42. The summed E-state index contributed by atoms with van der Waals surface area (Å²) >= 11 is 6.11. The number of hydrogen-bond donors (Lipinski definition) is 0. The second-order valence-corrected chi connectivity index (χ2v) is 7.96. The van der Waals surface area contributed by atoms with Crippen LogP contribution in [0.5, 0.6) is 0 Å². The number of rotatable bonds is 3. The first-order valence-electron chi connectivity index (χ1n) is 9.05. The quantitative estimate of drug-likeness (QED) is 0.465. The zero-order chi connectivity index (χ0) is 18.2. The smallest absolute Gasteiger partial charge is 0.339 e. The molecule has 0 spiro atoms. The molecule has 6 atom stereocenters. The van der Waals surface area contributed by atoms with Crippen LogP contribution >= 0.6 is 11.6 Å². The Kier molecular flexibility index (Phi) is 3.35. The number of carbonyl (C=O) groups is 3. The summed E-state index contributed by atoms with van der Waals surface area (Å²) in [7, 11) is 0. The minimum atomic E-state index is -0.557. The lowest BCUT2D eigenvalue weighted by Gasteiger charge is -2.37. The average molecular weight is 372 g/mol. The van der Waals surface area contributed by atoms with Crippen molar-refractivity contribution in [3.05, 3.63) is 40.9 Å². The lowest BCUT2D eigenvalue weighted by atomic mass is 9.63. The number of imide groups is 1. The summed E-state index contributed by atoms with van der Waals surface area (Å²) < 4.78 is 5.02. The van der Waals surface area contributed by atoms with E-state index < -0.39 is 5.97 Å². The third kappa shape index (κ3) is 2.01. The number of allylic oxidation sites excluding steroid dienone is 2. The second-order valence-electron chi connectivity index (χ2n) is 7.55. The van der Waals surface area contributed by atoms with E-state index in [-0.39, 0.29) is 52.7 Å². The van der Waals surface area contributed by atoms with Crippen LogP contribution in [-0.2, 0) is 14.3 Å². The van der Waals surface area contributed by atoms with Crippen LogP contribution in [0.3, 0.4) is 0 Å². The van der Waals surface area contributed by atoms with E-state index >= 15 is 0 Å². The zero-order valence-electron chi connectivity index (χ0n) is 14.2. The van der Waals surface area contributed by atoms with Crippen molar-refractivity contribution in [3.63, 3.8) is 0 Å². The molecule has 0 N–H and O–H groups in total. The van der Waals surface area contributed by atoms with Gasteiger partial charge in [0.1, 0.15) is 0 Å². The lowest BCUT2D eigenvalue weighted by molar-refractivity contribution is -0.124. The highest BCUT2D eigenvalue weighted by atomic mass is 35.5. The van der Waals surface area contributed by atoms with E-state index in [1.165, 1.54) is 17.0 Å². The SMILES string of the molecule is CCOC(=O)c1cc(N2C(=O)[C@@H]3[C@@H]4C=C[C@H]([C@H]5C[C@@H]45)[C@@H]3C2=O)ccc1Cl. The molecule has 3 fully saturated rings. The van der Waals surface area contributed by atoms with Crippen molar-refractivity contribution in [1.29, 1.82) is 0 Å². The van der Waals surface area contributed by atoms with Gasteiger partial charge in [0.25, 0.3) is 0 Å². The molecule has 26 heavy (non-hydrogen) atoms. The maximum Gasteiger partial charge on any atom is 0.339 e. The summed E-state index contributed by atoms with van der Waals surface area (Å²) in [4.78, 5) is 39.6. The van der Waals surface area contributed by atoms with E-state index in [9.17, 15) is 14.4 Å². The first-order valence-corrected chi connectivity index (χ1v) is 9.43. The molecule has 1 aromatic carbocycles. The highest BCUT2D eigenvalue weighted by Crippen LogP contribution is 2.65. The molecular formula is C20H18ClNO4. The van der Waals surface area contributed by atoms with Crippen molar-refractivity contribution in [2.24, 2.45) is 35.5 Å². The Morgan fingerprint density at radius 3 is 2.35 bits per heavy atom. The number of anilines is 1. The van der Waals surface area contributed by atoms with Gasteiger partial charge >= 0.3 is 5.97 Å². The van der Waals surface area contributed by atoms with E-state index in [2.05, 4.69) is 12.2 Å². The highest BCUT2D eigenvalue weighted by molar-refractivity contribution is 6.34. The molecular weight excluding hydrogens is 354 g/mol. The molecule has 1 aliphatic heterocycles. The second kappa shape index (κ2) is 5.43. The van der Waals surface area contributed by atoms with Crippen molar-refractivity contribution in [2.75, 3.05) is 11.5 Å². The summed E-state index contributed by atoms with van der Waals surface area (Å²) in [5.74, 6) is 0.0847. The fraction of sp³-hybridized carbons (Fsp3) is 0.450. The molecule has 6 rings (SSSR count). The molecule has 5 nitrogen and oxygen atoms in total. The van der Waals surface area contributed by atoms with Crippen LogP contribution in [-0.4, -0.2) is 24.4 Å². The Morgan fingerprint density at radius 1 is 1.15 bits per heavy atom. The minimum Gasteiger partial charge on any atom is -0.462 e. The van der Waals surface area contributed by atoms with Crippen molar-refractivity contribution in [3.8, 4) is 0 Å². The molecule has 5 aliphatic rings. The van der Waals surface area contributed by atoms with Gasteiger partial charge in [-0.1, -0.05) is 23.8 Å². The van der Waals surface area contributed by atoms with Gasteiger partial charge in [0.2, 0.25) is 11.8 Å².